The van der Waals surface area contributed by atoms with Crippen LogP contribution in [-0.2, 0) is 18.3 Å². The highest BCUT2D eigenvalue weighted by molar-refractivity contribution is 4.83. The maximum atomic E-state index is 5.39. The number of rotatable bonds is 6. The highest BCUT2D eigenvalue weighted by Gasteiger charge is 2.02. The van der Waals surface area contributed by atoms with Gasteiger partial charge in [0.1, 0.15) is 12.2 Å². The second-order valence-corrected chi connectivity index (χ2v) is 3.25. The minimum Gasteiger partial charge on any atom is -0.377 e. The molecule has 0 amide bonds. The lowest BCUT2D eigenvalue weighted by Crippen LogP contribution is -2.27. The first kappa shape index (κ1) is 11.1. The second-order valence-electron chi connectivity index (χ2n) is 3.25. The van der Waals surface area contributed by atoms with Crippen LogP contribution in [0.2, 0.25) is 0 Å². The molecule has 0 aromatic carbocycles. The van der Waals surface area contributed by atoms with Crippen molar-refractivity contribution in [2.75, 3.05) is 13.2 Å². The van der Waals surface area contributed by atoms with Crippen molar-refractivity contribution in [2.45, 2.75) is 26.5 Å². The van der Waals surface area contributed by atoms with Gasteiger partial charge in [-0.05, 0) is 13.8 Å². The summed E-state index contributed by atoms with van der Waals surface area (Å²) in [5.41, 5.74) is 0. The maximum Gasteiger partial charge on any atom is 0.146 e. The minimum absolute atomic E-state index is 0.244. The van der Waals surface area contributed by atoms with Gasteiger partial charge in [-0.15, -0.1) is 10.2 Å². The Morgan fingerprint density at radius 3 is 3.00 bits per heavy atom. The predicted molar refractivity (Wildman–Crippen MR) is 53.8 cm³/mol. The fourth-order valence-corrected chi connectivity index (χ4v) is 1.20. The van der Waals surface area contributed by atoms with Gasteiger partial charge in [-0.1, -0.05) is 0 Å². The fraction of sp³-hybridized carbons (Fsp3) is 0.778. The van der Waals surface area contributed by atoms with E-state index in [-0.39, 0.29) is 6.10 Å². The number of aromatic nitrogens is 3. The van der Waals surface area contributed by atoms with Gasteiger partial charge in [0.2, 0.25) is 0 Å². The van der Waals surface area contributed by atoms with E-state index in [9.17, 15) is 0 Å². The Labute approximate surface area is 84.5 Å². The van der Waals surface area contributed by atoms with Crippen molar-refractivity contribution >= 4 is 0 Å². The lowest BCUT2D eigenvalue weighted by molar-refractivity contribution is 0.0758. The maximum absolute atomic E-state index is 5.39. The molecule has 1 atom stereocenters. The zero-order chi connectivity index (χ0) is 10.4. The number of nitrogens with one attached hydrogen (secondary N) is 1. The van der Waals surface area contributed by atoms with Crippen LogP contribution in [0.5, 0.6) is 0 Å². The molecule has 1 N–H and O–H groups in total. The summed E-state index contributed by atoms with van der Waals surface area (Å²) in [7, 11) is 1.93. The van der Waals surface area contributed by atoms with Gasteiger partial charge in [-0.2, -0.15) is 0 Å². The topological polar surface area (TPSA) is 52.0 Å². The Kier molecular flexibility index (Phi) is 4.55. The van der Waals surface area contributed by atoms with Crippen molar-refractivity contribution in [3.63, 3.8) is 0 Å². The number of ether oxygens (including phenoxy) is 1. The van der Waals surface area contributed by atoms with E-state index in [2.05, 4.69) is 15.5 Å². The molecule has 0 saturated carbocycles. The number of nitrogens with zero attached hydrogens (tertiary/aromatic N) is 3. The van der Waals surface area contributed by atoms with Crippen LogP contribution in [0, 0.1) is 0 Å². The van der Waals surface area contributed by atoms with Crippen molar-refractivity contribution in [1.82, 2.24) is 20.1 Å². The van der Waals surface area contributed by atoms with Gasteiger partial charge in [-0.25, -0.2) is 0 Å². The molecule has 0 radical (unpaired) electrons. The van der Waals surface area contributed by atoms with Crippen LogP contribution in [0.15, 0.2) is 6.33 Å². The van der Waals surface area contributed by atoms with Gasteiger partial charge >= 0.3 is 0 Å². The standard InChI is InChI=1S/C9H18N4O/c1-4-14-8(2)5-10-6-9-12-11-7-13(9)3/h7-8,10H,4-6H2,1-3H3. The number of aryl methyl sites for hydroxylation is 1. The molecule has 1 aromatic heterocycles. The third kappa shape index (κ3) is 3.43. The first-order valence-corrected chi connectivity index (χ1v) is 4.89. The van der Waals surface area contributed by atoms with E-state index < -0.39 is 0 Å². The van der Waals surface area contributed by atoms with Crippen molar-refractivity contribution in [3.05, 3.63) is 12.2 Å². The van der Waals surface area contributed by atoms with E-state index in [1.807, 2.05) is 25.5 Å². The Bertz CT molecular complexity index is 261. The van der Waals surface area contributed by atoms with E-state index in [0.29, 0.717) is 0 Å². The van der Waals surface area contributed by atoms with Gasteiger partial charge in [0.25, 0.3) is 0 Å². The average Bonchev–Trinajstić information content (AvgIpc) is 2.52. The van der Waals surface area contributed by atoms with Gasteiger partial charge in [0.05, 0.1) is 12.6 Å². The molecule has 1 heterocycles. The SMILES string of the molecule is CCOC(C)CNCc1nncn1C. The van der Waals surface area contributed by atoms with Crippen molar-refractivity contribution in [2.24, 2.45) is 7.05 Å². The molecular formula is C9H18N4O. The summed E-state index contributed by atoms with van der Waals surface area (Å²) in [4.78, 5) is 0. The average molecular weight is 198 g/mol. The molecule has 0 bridgehead atoms. The molecule has 1 aromatic rings. The smallest absolute Gasteiger partial charge is 0.146 e. The van der Waals surface area contributed by atoms with Crippen LogP contribution in [0.1, 0.15) is 19.7 Å². The zero-order valence-electron chi connectivity index (χ0n) is 9.03. The van der Waals surface area contributed by atoms with Crippen LogP contribution in [0.25, 0.3) is 0 Å². The van der Waals surface area contributed by atoms with E-state index >= 15 is 0 Å². The monoisotopic (exact) mass is 198 g/mol. The summed E-state index contributed by atoms with van der Waals surface area (Å²) >= 11 is 0. The number of hydrogen-bond donors (Lipinski definition) is 1. The lowest BCUT2D eigenvalue weighted by Gasteiger charge is -2.11. The van der Waals surface area contributed by atoms with Gasteiger partial charge < -0.3 is 14.6 Å². The Balaban J connectivity index is 2.19. The molecule has 0 fully saturated rings. The van der Waals surface area contributed by atoms with Crippen LogP contribution in [0.3, 0.4) is 0 Å². The van der Waals surface area contributed by atoms with Crippen molar-refractivity contribution in [3.8, 4) is 0 Å². The normalized spacial score (nSPS) is 13.1. The minimum atomic E-state index is 0.244. The molecule has 0 spiro atoms. The Morgan fingerprint density at radius 2 is 2.43 bits per heavy atom. The first-order valence-electron chi connectivity index (χ1n) is 4.89. The van der Waals surface area contributed by atoms with E-state index in [4.69, 9.17) is 4.74 Å². The largest absolute Gasteiger partial charge is 0.377 e. The van der Waals surface area contributed by atoms with Crippen LogP contribution < -0.4 is 5.32 Å². The molecule has 1 rings (SSSR count). The Morgan fingerprint density at radius 1 is 1.64 bits per heavy atom. The van der Waals surface area contributed by atoms with Crippen LogP contribution in [0.4, 0.5) is 0 Å². The molecule has 14 heavy (non-hydrogen) atoms. The molecule has 1 unspecified atom stereocenters. The van der Waals surface area contributed by atoms with E-state index in [1.165, 1.54) is 0 Å². The summed E-state index contributed by atoms with van der Waals surface area (Å²) in [5, 5.41) is 11.0. The zero-order valence-corrected chi connectivity index (χ0v) is 9.03. The van der Waals surface area contributed by atoms with E-state index in [1.54, 1.807) is 6.33 Å². The molecule has 0 saturated heterocycles. The van der Waals surface area contributed by atoms with Gasteiger partial charge in [0, 0.05) is 20.2 Å². The molecular weight excluding hydrogens is 180 g/mol. The Hall–Kier alpha value is -0.940. The molecule has 80 valence electrons. The molecule has 5 nitrogen and oxygen atoms in total. The second kappa shape index (κ2) is 5.72. The highest BCUT2D eigenvalue weighted by atomic mass is 16.5. The van der Waals surface area contributed by atoms with Crippen molar-refractivity contribution < 1.29 is 4.74 Å². The van der Waals surface area contributed by atoms with E-state index in [0.717, 1.165) is 25.5 Å². The molecule has 5 heteroatoms. The lowest BCUT2D eigenvalue weighted by atomic mass is 10.4. The fourth-order valence-electron chi connectivity index (χ4n) is 1.20. The van der Waals surface area contributed by atoms with Crippen molar-refractivity contribution in [1.29, 1.82) is 0 Å². The van der Waals surface area contributed by atoms with Gasteiger partial charge in [0.15, 0.2) is 0 Å². The van der Waals surface area contributed by atoms with Crippen LogP contribution in [-0.4, -0.2) is 34.0 Å². The summed E-state index contributed by atoms with van der Waals surface area (Å²) in [6, 6.07) is 0. The molecule has 0 aliphatic rings. The highest BCUT2D eigenvalue weighted by Crippen LogP contribution is 1.92. The quantitative estimate of drug-likeness (QED) is 0.715. The molecule has 0 aliphatic carbocycles. The third-order valence-electron chi connectivity index (χ3n) is 1.97. The first-order chi connectivity index (χ1) is 6.74. The predicted octanol–water partition coefficient (Wildman–Crippen LogP) is 0.330. The summed E-state index contributed by atoms with van der Waals surface area (Å²) < 4.78 is 7.29. The molecule has 0 aliphatic heterocycles. The summed E-state index contributed by atoms with van der Waals surface area (Å²) in [6.07, 6.45) is 1.94. The van der Waals surface area contributed by atoms with Gasteiger partial charge in [-0.3, -0.25) is 0 Å². The summed E-state index contributed by atoms with van der Waals surface area (Å²) in [6.45, 7) is 6.37. The number of hydrogen-bond acceptors (Lipinski definition) is 4. The summed E-state index contributed by atoms with van der Waals surface area (Å²) in [5.74, 6) is 0.939. The van der Waals surface area contributed by atoms with Crippen LogP contribution >= 0.6 is 0 Å². The third-order valence-corrected chi connectivity index (χ3v) is 1.97.